The van der Waals surface area contributed by atoms with Gasteiger partial charge in [-0.2, -0.15) is 4.31 Å². The van der Waals surface area contributed by atoms with E-state index in [-0.39, 0.29) is 11.1 Å². The number of rotatable bonds is 3. The average Bonchev–Trinajstić information content (AvgIpc) is 3.05. The van der Waals surface area contributed by atoms with Gasteiger partial charge in [0.15, 0.2) is 5.03 Å². The molecular weight excluding hydrogens is 276 g/mol. The fourth-order valence-corrected chi connectivity index (χ4v) is 5.03. The lowest BCUT2D eigenvalue weighted by Crippen LogP contribution is -2.57. The van der Waals surface area contributed by atoms with E-state index in [4.69, 9.17) is 0 Å². The van der Waals surface area contributed by atoms with Crippen molar-refractivity contribution < 1.29 is 8.42 Å². The Bertz CT molecular complexity index is 583. The Labute approximate surface area is 120 Å². The number of sulfonamides is 1. The van der Waals surface area contributed by atoms with E-state index in [1.807, 2.05) is 0 Å². The quantitative estimate of drug-likeness (QED) is 0.823. The molecule has 2 unspecified atom stereocenters. The third-order valence-electron chi connectivity index (χ3n) is 4.47. The van der Waals surface area contributed by atoms with Crippen molar-refractivity contribution in [3.8, 4) is 0 Å². The molecule has 2 fully saturated rings. The Kier molecular flexibility index (Phi) is 3.60. The molecule has 0 N–H and O–H groups in total. The first-order valence-electron chi connectivity index (χ1n) is 7.26. The first-order valence-corrected chi connectivity index (χ1v) is 8.70. The van der Waals surface area contributed by atoms with E-state index in [1.165, 1.54) is 6.42 Å². The Morgan fingerprint density at radius 3 is 2.85 bits per heavy atom. The molecule has 0 aromatic carbocycles. The highest BCUT2D eigenvalue weighted by Crippen LogP contribution is 2.29. The van der Waals surface area contributed by atoms with E-state index < -0.39 is 10.0 Å². The van der Waals surface area contributed by atoms with E-state index in [2.05, 4.69) is 16.8 Å². The van der Waals surface area contributed by atoms with Gasteiger partial charge in [-0.3, -0.25) is 4.90 Å². The molecule has 6 nitrogen and oxygen atoms in total. The van der Waals surface area contributed by atoms with Crippen molar-refractivity contribution in [2.75, 3.05) is 19.6 Å². The Morgan fingerprint density at radius 2 is 2.20 bits per heavy atom. The molecular formula is C13H22N4O2S. The molecule has 1 aromatic rings. The van der Waals surface area contributed by atoms with Crippen LogP contribution in [0.2, 0.25) is 0 Å². The van der Waals surface area contributed by atoms with E-state index >= 15 is 0 Å². The summed E-state index contributed by atoms with van der Waals surface area (Å²) in [6.45, 7) is 4.63. The van der Waals surface area contributed by atoms with Gasteiger partial charge in [-0.05, 0) is 25.8 Å². The lowest BCUT2D eigenvalue weighted by molar-refractivity contribution is 0.106. The van der Waals surface area contributed by atoms with Gasteiger partial charge in [-0.25, -0.2) is 13.4 Å². The number of fused-ring (bicyclic) bond motifs is 1. The van der Waals surface area contributed by atoms with Gasteiger partial charge in [-0.1, -0.05) is 6.92 Å². The third-order valence-corrected chi connectivity index (χ3v) is 6.27. The number of aromatic nitrogens is 2. The lowest BCUT2D eigenvalue weighted by atomic mass is 10.1. The maximum Gasteiger partial charge on any atom is 0.262 e. The minimum atomic E-state index is -3.47. The number of nitrogens with zero attached hydrogens (tertiary/aromatic N) is 4. The SMILES string of the molecule is CCC1CN2CCCC2CN1S(=O)(=O)c1cn(C)cn1. The monoisotopic (exact) mass is 298 g/mol. The molecule has 7 heteroatoms. The lowest BCUT2D eigenvalue weighted by Gasteiger charge is -2.42. The molecule has 112 valence electrons. The summed E-state index contributed by atoms with van der Waals surface area (Å²) >= 11 is 0. The molecule has 0 saturated carbocycles. The Hall–Kier alpha value is -0.920. The second kappa shape index (κ2) is 5.13. The second-order valence-electron chi connectivity index (χ2n) is 5.81. The zero-order valence-electron chi connectivity index (χ0n) is 12.1. The summed E-state index contributed by atoms with van der Waals surface area (Å²) in [5, 5.41) is 0.171. The molecule has 2 atom stereocenters. The summed E-state index contributed by atoms with van der Waals surface area (Å²) in [6.07, 6.45) is 6.25. The summed E-state index contributed by atoms with van der Waals surface area (Å²) in [7, 11) is -1.68. The normalized spacial score (nSPS) is 28.7. The van der Waals surface area contributed by atoms with Crippen LogP contribution in [-0.2, 0) is 17.1 Å². The van der Waals surface area contributed by atoms with E-state index in [0.29, 0.717) is 12.6 Å². The van der Waals surface area contributed by atoms with Crippen LogP contribution in [0.5, 0.6) is 0 Å². The fourth-order valence-electron chi connectivity index (χ4n) is 3.33. The number of hydrogen-bond acceptors (Lipinski definition) is 4. The number of imidazole rings is 1. The fraction of sp³-hybridized carbons (Fsp3) is 0.769. The molecule has 2 aliphatic heterocycles. The third kappa shape index (κ3) is 2.27. The average molecular weight is 298 g/mol. The molecule has 0 spiro atoms. The highest BCUT2D eigenvalue weighted by molar-refractivity contribution is 7.89. The molecule has 0 amide bonds. The predicted molar refractivity (Wildman–Crippen MR) is 75.8 cm³/mol. The zero-order valence-corrected chi connectivity index (χ0v) is 12.9. The molecule has 0 aliphatic carbocycles. The molecule has 0 bridgehead atoms. The summed E-state index contributed by atoms with van der Waals surface area (Å²) in [6, 6.07) is 0.452. The van der Waals surface area contributed by atoms with Gasteiger partial charge in [-0.15, -0.1) is 0 Å². The van der Waals surface area contributed by atoms with Gasteiger partial charge >= 0.3 is 0 Å². The van der Waals surface area contributed by atoms with Gasteiger partial charge in [0.05, 0.1) is 6.33 Å². The first kappa shape index (κ1) is 14.0. The predicted octanol–water partition coefficient (Wildman–Crippen LogP) is 0.667. The highest BCUT2D eigenvalue weighted by atomic mass is 32.2. The molecule has 20 heavy (non-hydrogen) atoms. The van der Waals surface area contributed by atoms with Crippen molar-refractivity contribution in [1.29, 1.82) is 0 Å². The van der Waals surface area contributed by atoms with Gasteiger partial charge < -0.3 is 4.57 Å². The van der Waals surface area contributed by atoms with E-state index in [1.54, 1.807) is 28.4 Å². The van der Waals surface area contributed by atoms with Crippen LogP contribution in [0.4, 0.5) is 0 Å². The van der Waals surface area contributed by atoms with Gasteiger partial charge in [0.1, 0.15) is 0 Å². The minimum Gasteiger partial charge on any atom is -0.339 e. The second-order valence-corrected chi connectivity index (χ2v) is 7.64. The van der Waals surface area contributed by atoms with Crippen LogP contribution < -0.4 is 0 Å². The first-order chi connectivity index (χ1) is 9.52. The minimum absolute atomic E-state index is 0.0661. The topological polar surface area (TPSA) is 58.4 Å². The summed E-state index contributed by atoms with van der Waals surface area (Å²) in [5.74, 6) is 0. The van der Waals surface area contributed by atoms with Crippen LogP contribution in [0.25, 0.3) is 0 Å². The van der Waals surface area contributed by atoms with Crippen LogP contribution >= 0.6 is 0 Å². The van der Waals surface area contributed by atoms with Crippen molar-refractivity contribution in [3.63, 3.8) is 0 Å². The zero-order chi connectivity index (χ0) is 14.3. The van der Waals surface area contributed by atoms with Gasteiger partial charge in [0.25, 0.3) is 10.0 Å². The number of piperazine rings is 1. The van der Waals surface area contributed by atoms with Crippen molar-refractivity contribution in [2.24, 2.45) is 7.05 Å². The maximum absolute atomic E-state index is 12.8. The number of hydrogen-bond donors (Lipinski definition) is 0. The van der Waals surface area contributed by atoms with Crippen molar-refractivity contribution in [3.05, 3.63) is 12.5 Å². The maximum atomic E-state index is 12.8. The summed E-state index contributed by atoms with van der Waals surface area (Å²) in [5.41, 5.74) is 0. The van der Waals surface area contributed by atoms with Crippen molar-refractivity contribution >= 4 is 10.0 Å². The molecule has 3 heterocycles. The molecule has 0 radical (unpaired) electrons. The smallest absolute Gasteiger partial charge is 0.262 e. The van der Waals surface area contributed by atoms with E-state index in [0.717, 1.165) is 25.9 Å². The van der Waals surface area contributed by atoms with Crippen LogP contribution in [0.3, 0.4) is 0 Å². The van der Waals surface area contributed by atoms with Gasteiger partial charge in [0, 0.05) is 38.4 Å². The Morgan fingerprint density at radius 1 is 1.40 bits per heavy atom. The van der Waals surface area contributed by atoms with Crippen LogP contribution in [-0.4, -0.2) is 58.9 Å². The van der Waals surface area contributed by atoms with E-state index in [9.17, 15) is 8.42 Å². The van der Waals surface area contributed by atoms with Crippen LogP contribution in [0.1, 0.15) is 26.2 Å². The van der Waals surface area contributed by atoms with Crippen molar-refractivity contribution in [2.45, 2.75) is 43.3 Å². The molecule has 2 saturated heterocycles. The molecule has 2 aliphatic rings. The molecule has 3 rings (SSSR count). The molecule has 1 aromatic heterocycles. The number of aryl methyl sites for hydroxylation is 1. The van der Waals surface area contributed by atoms with Crippen molar-refractivity contribution in [1.82, 2.24) is 18.8 Å². The largest absolute Gasteiger partial charge is 0.339 e. The van der Waals surface area contributed by atoms with Crippen LogP contribution in [0, 0.1) is 0 Å². The summed E-state index contributed by atoms with van der Waals surface area (Å²) in [4.78, 5) is 6.48. The standard InChI is InChI=1S/C13H22N4O2S/c1-3-11-7-16-6-4-5-12(16)8-17(11)20(18,19)13-9-15(2)10-14-13/h9-12H,3-8H2,1-2H3. The summed E-state index contributed by atoms with van der Waals surface area (Å²) < 4.78 is 28.9. The highest BCUT2D eigenvalue weighted by Gasteiger charge is 2.41. The van der Waals surface area contributed by atoms with Gasteiger partial charge in [0.2, 0.25) is 0 Å². The van der Waals surface area contributed by atoms with Crippen LogP contribution in [0.15, 0.2) is 17.6 Å². The Balaban J connectivity index is 1.90.